The van der Waals surface area contributed by atoms with Crippen molar-refractivity contribution in [3.05, 3.63) is 27.7 Å². The molecule has 0 bridgehead atoms. The van der Waals surface area contributed by atoms with Crippen LogP contribution in [0.1, 0.15) is 39.5 Å². The molecule has 0 spiro atoms. The van der Waals surface area contributed by atoms with Crippen LogP contribution in [0, 0.1) is 11.3 Å². The lowest BCUT2D eigenvalue weighted by Crippen LogP contribution is -2.35. The van der Waals surface area contributed by atoms with Gasteiger partial charge in [-0.1, -0.05) is 38.3 Å². The quantitative estimate of drug-likeness (QED) is 0.761. The minimum atomic E-state index is -0.483. The second kappa shape index (κ2) is 7.01. The summed E-state index contributed by atoms with van der Waals surface area (Å²) in [6.45, 7) is 4.17. The number of unbranched alkanes of at least 4 members (excludes halogenated alkanes) is 1. The summed E-state index contributed by atoms with van der Waals surface area (Å²) >= 11 is 9.36. The van der Waals surface area contributed by atoms with Gasteiger partial charge in [0.1, 0.15) is 5.54 Å². The maximum Gasteiger partial charge on any atom is 0.125 e. The van der Waals surface area contributed by atoms with E-state index in [1.54, 1.807) is 0 Å². The van der Waals surface area contributed by atoms with Crippen LogP contribution in [0.2, 0.25) is 5.02 Å². The van der Waals surface area contributed by atoms with Crippen molar-refractivity contribution < 1.29 is 0 Å². The van der Waals surface area contributed by atoms with Crippen LogP contribution < -0.4 is 5.32 Å². The molecule has 2 nitrogen and oxygen atoms in total. The highest BCUT2D eigenvalue weighted by Gasteiger charge is 2.27. The molecule has 0 amide bonds. The van der Waals surface area contributed by atoms with E-state index in [2.05, 4.69) is 34.2 Å². The van der Waals surface area contributed by atoms with Crippen LogP contribution >= 0.6 is 27.5 Å². The van der Waals surface area contributed by atoms with Gasteiger partial charge in [-0.15, -0.1) is 0 Å². The van der Waals surface area contributed by atoms with E-state index in [1.165, 1.54) is 0 Å². The molecule has 1 aromatic rings. The SMILES string of the molecule is CCCCC(C#N)(CC)Nc1ccc(Cl)c(Br)c1. The fourth-order valence-corrected chi connectivity index (χ4v) is 2.32. The van der Waals surface area contributed by atoms with Gasteiger partial charge in [-0.05, 0) is 47.0 Å². The Hall–Kier alpha value is -0.720. The molecule has 0 aliphatic carbocycles. The third kappa shape index (κ3) is 3.90. The molecular weight excluding hydrogens is 312 g/mol. The normalized spacial score (nSPS) is 13.7. The van der Waals surface area contributed by atoms with Crippen molar-refractivity contribution in [2.75, 3.05) is 5.32 Å². The van der Waals surface area contributed by atoms with Gasteiger partial charge in [-0.2, -0.15) is 5.26 Å². The second-order valence-electron chi connectivity index (χ2n) is 4.40. The Morgan fingerprint density at radius 1 is 1.44 bits per heavy atom. The molecule has 1 rings (SSSR count). The van der Waals surface area contributed by atoms with Crippen molar-refractivity contribution in [2.45, 2.75) is 45.1 Å². The van der Waals surface area contributed by atoms with E-state index in [1.807, 2.05) is 25.1 Å². The first-order chi connectivity index (χ1) is 8.56. The third-order valence-corrected chi connectivity index (χ3v) is 4.29. The Balaban J connectivity index is 2.89. The van der Waals surface area contributed by atoms with Gasteiger partial charge < -0.3 is 5.32 Å². The summed E-state index contributed by atoms with van der Waals surface area (Å²) in [7, 11) is 0. The van der Waals surface area contributed by atoms with Crippen LogP contribution in [0.3, 0.4) is 0 Å². The molecule has 0 aromatic heterocycles. The third-order valence-electron chi connectivity index (χ3n) is 3.08. The Kier molecular flexibility index (Phi) is 5.98. The van der Waals surface area contributed by atoms with Gasteiger partial charge in [0.05, 0.1) is 11.1 Å². The van der Waals surface area contributed by atoms with Gasteiger partial charge in [0.15, 0.2) is 0 Å². The molecule has 0 radical (unpaired) electrons. The predicted molar refractivity (Wildman–Crippen MR) is 80.9 cm³/mol. The molecule has 4 heteroatoms. The largest absolute Gasteiger partial charge is 0.367 e. The first-order valence-corrected chi connectivity index (χ1v) is 7.38. The van der Waals surface area contributed by atoms with E-state index in [9.17, 15) is 5.26 Å². The summed E-state index contributed by atoms with van der Waals surface area (Å²) in [6, 6.07) is 8.06. The van der Waals surface area contributed by atoms with Crippen molar-refractivity contribution in [1.29, 1.82) is 5.26 Å². The molecule has 0 heterocycles. The van der Waals surface area contributed by atoms with Gasteiger partial charge in [0.2, 0.25) is 0 Å². The lowest BCUT2D eigenvalue weighted by molar-refractivity contribution is 0.497. The standard InChI is InChI=1S/C14H18BrClN2/c1-3-5-8-14(4-2,10-17)18-11-6-7-13(16)12(15)9-11/h6-7,9,18H,3-5,8H2,1-2H3. The van der Waals surface area contributed by atoms with Gasteiger partial charge in [0, 0.05) is 10.2 Å². The highest BCUT2D eigenvalue weighted by molar-refractivity contribution is 9.10. The summed E-state index contributed by atoms with van der Waals surface area (Å²) in [5, 5.41) is 13.5. The van der Waals surface area contributed by atoms with E-state index < -0.39 is 5.54 Å². The fourth-order valence-electron chi connectivity index (χ4n) is 1.82. The number of hydrogen-bond donors (Lipinski definition) is 1. The Morgan fingerprint density at radius 3 is 2.67 bits per heavy atom. The number of nitrogens with one attached hydrogen (secondary N) is 1. The van der Waals surface area contributed by atoms with E-state index >= 15 is 0 Å². The average Bonchev–Trinajstić information content (AvgIpc) is 2.39. The van der Waals surface area contributed by atoms with Crippen LogP contribution in [0.25, 0.3) is 0 Å². The molecule has 1 N–H and O–H groups in total. The second-order valence-corrected chi connectivity index (χ2v) is 5.67. The molecule has 0 saturated heterocycles. The molecule has 18 heavy (non-hydrogen) atoms. The number of anilines is 1. The van der Waals surface area contributed by atoms with E-state index in [-0.39, 0.29) is 0 Å². The minimum absolute atomic E-state index is 0.483. The lowest BCUT2D eigenvalue weighted by atomic mass is 9.91. The monoisotopic (exact) mass is 328 g/mol. The Bertz CT molecular complexity index is 442. The van der Waals surface area contributed by atoms with Gasteiger partial charge >= 0.3 is 0 Å². The zero-order chi connectivity index (χ0) is 13.6. The first kappa shape index (κ1) is 15.3. The van der Waals surface area contributed by atoms with Gasteiger partial charge in [0.25, 0.3) is 0 Å². The number of benzene rings is 1. The summed E-state index contributed by atoms with van der Waals surface area (Å²) in [5.74, 6) is 0. The minimum Gasteiger partial charge on any atom is -0.367 e. The van der Waals surface area contributed by atoms with Gasteiger partial charge in [-0.3, -0.25) is 0 Å². The summed E-state index contributed by atoms with van der Waals surface area (Å²) in [5.41, 5.74) is 0.439. The van der Waals surface area contributed by atoms with Crippen molar-refractivity contribution in [3.63, 3.8) is 0 Å². The van der Waals surface area contributed by atoms with E-state index in [4.69, 9.17) is 11.6 Å². The molecule has 0 aliphatic heterocycles. The van der Waals surface area contributed by atoms with Gasteiger partial charge in [-0.25, -0.2) is 0 Å². The van der Waals surface area contributed by atoms with E-state index in [0.29, 0.717) is 5.02 Å². The van der Waals surface area contributed by atoms with Crippen molar-refractivity contribution in [2.24, 2.45) is 0 Å². The van der Waals surface area contributed by atoms with Crippen LogP contribution in [-0.4, -0.2) is 5.54 Å². The fraction of sp³-hybridized carbons (Fsp3) is 0.500. The zero-order valence-corrected chi connectivity index (χ0v) is 13.1. The molecular formula is C14H18BrClN2. The number of rotatable bonds is 6. The predicted octanol–water partition coefficient (Wildman–Crippen LogP) is 5.38. The summed E-state index contributed by atoms with van der Waals surface area (Å²) in [6.07, 6.45) is 3.78. The van der Waals surface area contributed by atoms with Crippen LogP contribution in [0.4, 0.5) is 5.69 Å². The van der Waals surface area contributed by atoms with Crippen molar-refractivity contribution in [1.82, 2.24) is 0 Å². The first-order valence-electron chi connectivity index (χ1n) is 6.21. The summed E-state index contributed by atoms with van der Waals surface area (Å²) < 4.78 is 0.840. The molecule has 0 aliphatic rings. The lowest BCUT2D eigenvalue weighted by Gasteiger charge is -2.28. The maximum atomic E-state index is 9.44. The molecule has 1 atom stereocenters. The zero-order valence-electron chi connectivity index (χ0n) is 10.8. The number of halogens is 2. The van der Waals surface area contributed by atoms with Crippen LogP contribution in [0.15, 0.2) is 22.7 Å². The number of nitriles is 1. The highest BCUT2D eigenvalue weighted by Crippen LogP contribution is 2.29. The molecule has 0 fully saturated rings. The Morgan fingerprint density at radius 2 is 2.17 bits per heavy atom. The topological polar surface area (TPSA) is 35.8 Å². The maximum absolute atomic E-state index is 9.44. The smallest absolute Gasteiger partial charge is 0.125 e. The average molecular weight is 330 g/mol. The number of hydrogen-bond acceptors (Lipinski definition) is 2. The Labute approximate surface area is 122 Å². The molecule has 0 saturated carbocycles. The molecule has 1 unspecified atom stereocenters. The molecule has 1 aromatic carbocycles. The summed E-state index contributed by atoms with van der Waals surface area (Å²) in [4.78, 5) is 0. The van der Waals surface area contributed by atoms with Crippen molar-refractivity contribution in [3.8, 4) is 6.07 Å². The molecule has 98 valence electrons. The van der Waals surface area contributed by atoms with Crippen LogP contribution in [0.5, 0.6) is 0 Å². The van der Waals surface area contributed by atoms with Crippen molar-refractivity contribution >= 4 is 33.2 Å². The van der Waals surface area contributed by atoms with E-state index in [0.717, 1.165) is 35.8 Å². The number of nitrogens with zero attached hydrogens (tertiary/aromatic N) is 1. The highest BCUT2D eigenvalue weighted by atomic mass is 79.9. The van der Waals surface area contributed by atoms with Crippen LogP contribution in [-0.2, 0) is 0 Å².